The van der Waals surface area contributed by atoms with Crippen LogP contribution in [0.2, 0.25) is 5.02 Å². The summed E-state index contributed by atoms with van der Waals surface area (Å²) >= 11 is 6.81. The number of aliphatic hydroxyl groups is 6. The van der Waals surface area contributed by atoms with Crippen molar-refractivity contribution in [3.05, 3.63) is 63.2 Å². The van der Waals surface area contributed by atoms with Crippen molar-refractivity contribution in [3.8, 4) is 5.75 Å². The number of anilines is 2. The van der Waals surface area contributed by atoms with Crippen molar-refractivity contribution >= 4 is 101 Å². The van der Waals surface area contributed by atoms with E-state index in [0.29, 0.717) is 36.5 Å². The lowest BCUT2D eigenvalue weighted by molar-refractivity contribution is -0.273. The van der Waals surface area contributed by atoms with Gasteiger partial charge in [-0.15, -0.1) is 0 Å². The summed E-state index contributed by atoms with van der Waals surface area (Å²) in [5.41, 5.74) is 4.57. The number of alkyl carbamates (subject to hydrolysis) is 1. The lowest BCUT2D eigenvalue weighted by Crippen LogP contribution is -2.63. The van der Waals surface area contributed by atoms with Gasteiger partial charge in [0.2, 0.25) is 23.7 Å². The summed E-state index contributed by atoms with van der Waals surface area (Å²) in [6.07, 6.45) is -15.8. The third-order valence-electron chi connectivity index (χ3n) is 16.9. The molecule has 2 aromatic heterocycles. The van der Waals surface area contributed by atoms with Gasteiger partial charge in [0.05, 0.1) is 38.3 Å². The van der Waals surface area contributed by atoms with E-state index in [2.05, 4.69) is 29.9 Å². The molecule has 7 heterocycles. The van der Waals surface area contributed by atoms with Crippen molar-refractivity contribution in [2.75, 3.05) is 57.9 Å². The second-order valence-corrected chi connectivity index (χ2v) is 31.1. The predicted molar refractivity (Wildman–Crippen MR) is 345 cm³/mol. The van der Waals surface area contributed by atoms with Crippen molar-refractivity contribution in [1.29, 1.82) is 0 Å². The molecule has 13 N–H and O–H groups in total. The zero-order chi connectivity index (χ0) is 71.4. The van der Waals surface area contributed by atoms with Crippen LogP contribution in [0.3, 0.4) is 0 Å². The number of allylic oxidation sites excluding steroid dienone is 3. The number of nitrogens with one attached hydrogen (secondary N) is 3. The van der Waals surface area contributed by atoms with Crippen LogP contribution in [-0.2, 0) is 76.5 Å². The molecule has 35 nitrogen and oxygen atoms in total. The number of hydrogen-bond donors (Lipinski definition) is 12. The number of rotatable bonds is 24. The summed E-state index contributed by atoms with van der Waals surface area (Å²) in [7, 11) is -2.78. The van der Waals surface area contributed by atoms with Gasteiger partial charge >= 0.3 is 27.7 Å². The monoisotopic (exact) mass is 1470 g/mol. The molecule has 5 aliphatic heterocycles. The van der Waals surface area contributed by atoms with Crippen molar-refractivity contribution in [1.82, 2.24) is 35.1 Å². The molecule has 4 amide bonds. The van der Waals surface area contributed by atoms with E-state index in [1.165, 1.54) is 66.6 Å². The fourth-order valence-corrected chi connectivity index (χ4v) is 16.3. The Morgan fingerprint density at radius 3 is 2.41 bits per heavy atom. The Kier molecular flexibility index (Phi) is 25.6. The average molecular weight is 1470 g/mol. The van der Waals surface area contributed by atoms with Crippen LogP contribution in [0.5, 0.6) is 5.75 Å². The third-order valence-corrected chi connectivity index (χ3v) is 23.3. The van der Waals surface area contributed by atoms with Crippen molar-refractivity contribution in [3.63, 3.8) is 0 Å². The minimum Gasteiger partial charge on any atom is -0.495 e. The van der Waals surface area contributed by atoms with Gasteiger partial charge in [-0.3, -0.25) is 43.1 Å². The quantitative estimate of drug-likeness (QED) is 0.0198. The summed E-state index contributed by atoms with van der Waals surface area (Å²) < 4.78 is 80.3. The van der Waals surface area contributed by atoms with Crippen LogP contribution in [0.1, 0.15) is 84.9 Å². The number of imidazole rings is 1. The Morgan fingerprint density at radius 1 is 1.00 bits per heavy atom. The van der Waals surface area contributed by atoms with Crippen LogP contribution in [0, 0.1) is 5.92 Å². The van der Waals surface area contributed by atoms with E-state index >= 15 is 0 Å². The molecule has 0 spiro atoms. The standard InChI is InChI=1S/C57H82ClN9O26P2S2/c1-26-12-10-13-36(85-9)57(79)22-33(90-55(78)64-57)27(2)47-48(91-47)32(21-39(70)66(7)30-19-29(18-26)20-31(84-8)40(30)58)88-52(77)28(3)65(6)38(69)15-16-56(4,5)97-96-17-11-14-37(68)60-23-34-42(71)44(73)46(75)53(89-34)92-95(82,83)93-94(80,81)86-24-35-43(72)45(74)51(87-35)67-25-61-41-49(67)62-54(59)63-50(41)76/h10,12-13,19-20,25,27-28,32-36,42-48,51,53,71-75,79H,11,14-18,21-24H2,1-9H3,(H,60,68)(H,64,78)(H,80,81)(H,82,83)(H3,59,62,63,76)/b13-10+,26-12+/t27-,28+,32+,33+,34?,35-,36-,42-,43?,44?,45?,46?,47+,48+,51-,53-,57+/m1/s1. The number of aromatic nitrogens is 4. The molecule has 4 fully saturated rings. The number of fused-ring (bicyclic) bond motifs is 6. The minimum atomic E-state index is -5.80. The number of ether oxygens (including phenoxy) is 7. The van der Waals surface area contributed by atoms with Crippen LogP contribution in [0.4, 0.5) is 16.4 Å². The molecule has 5 aliphatic rings. The number of amides is 4. The molecule has 40 heteroatoms. The van der Waals surface area contributed by atoms with Gasteiger partial charge in [-0.2, -0.15) is 9.29 Å². The second kappa shape index (κ2) is 32.1. The SMILES string of the molecule is COc1cc2cc(c1Cl)N(C)C(=O)C[C@H](OC(=O)[C@H](C)N(C)C(=O)CCC(C)(C)SSCCCC(=O)NCC1O[C@H](OP(=O)(O)OP(=O)(O)OC[C@H]3O[C@@H](n4cnc5c(=O)[nH]c(N)nc54)C(O)C3O)C(O)C(O)[C@@H]1O)[C@@H]1O[C@H]1[C@H](C)[C@@H]1C[C@@](O)(NC(=O)O1)[C@H](OC)/C=C/C=C(\C)C2. The first kappa shape index (κ1) is 77.4. The third kappa shape index (κ3) is 19.2. The predicted octanol–water partition coefficient (Wildman–Crippen LogP) is 1.35. The Hall–Kier alpha value is -5.35. The maximum absolute atomic E-state index is 14.3. The number of aromatic amines is 1. The van der Waals surface area contributed by atoms with E-state index in [1.807, 2.05) is 26.8 Å². The molecule has 4 saturated heterocycles. The lowest BCUT2D eigenvalue weighted by atomic mass is 9.87. The fourth-order valence-electron chi connectivity index (χ4n) is 11.1. The van der Waals surface area contributed by atoms with Crippen LogP contribution in [0.15, 0.2) is 47.1 Å². The van der Waals surface area contributed by atoms with Crippen LogP contribution >= 0.6 is 48.8 Å². The number of carbonyl (C=O) groups is 5. The Bertz CT molecular complexity index is 3590. The van der Waals surface area contributed by atoms with E-state index in [-0.39, 0.29) is 41.4 Å². The van der Waals surface area contributed by atoms with Crippen LogP contribution in [-0.4, -0.2) is 238 Å². The highest BCUT2D eigenvalue weighted by Crippen LogP contribution is 2.61. The number of nitrogens with zero attached hydrogens (tertiary/aromatic N) is 5. The number of epoxide rings is 1. The highest BCUT2D eigenvalue weighted by Gasteiger charge is 2.57. The molecule has 19 atom stereocenters. The van der Waals surface area contributed by atoms with Crippen LogP contribution in [0.25, 0.3) is 11.2 Å². The van der Waals surface area contributed by atoms with Gasteiger partial charge in [-0.05, 0) is 64.7 Å². The maximum Gasteiger partial charge on any atom is 0.483 e. The molecule has 7 unspecified atom stereocenters. The maximum atomic E-state index is 14.3. The van der Waals surface area contributed by atoms with E-state index in [0.717, 1.165) is 22.0 Å². The number of nitrogen functional groups attached to an aromatic ring is 1. The summed E-state index contributed by atoms with van der Waals surface area (Å²) in [6.45, 7) is 7.33. The van der Waals surface area contributed by atoms with Crippen LogP contribution < -0.4 is 31.6 Å². The Balaban J connectivity index is 0.782. The zero-order valence-corrected chi connectivity index (χ0v) is 58.3. The molecular formula is C57H82ClN9O26P2S2. The fraction of sp³-hybridized carbons (Fsp3) is 0.649. The number of esters is 1. The number of benzene rings is 1. The van der Waals surface area contributed by atoms with E-state index < -0.39 is 179 Å². The molecule has 0 aliphatic carbocycles. The van der Waals surface area contributed by atoms with E-state index in [9.17, 15) is 78.3 Å². The number of methoxy groups -OCH3 is 2. The van der Waals surface area contributed by atoms with Gasteiger partial charge < -0.3 is 94.4 Å². The zero-order valence-electron chi connectivity index (χ0n) is 54.1. The summed E-state index contributed by atoms with van der Waals surface area (Å²) in [6, 6.07) is 2.34. The number of H-pyrrole nitrogens is 1. The van der Waals surface area contributed by atoms with Crippen molar-refractivity contribution < 1.29 is 120 Å². The molecule has 540 valence electrons. The number of likely N-dealkylation sites (N-methyl/N-ethyl adjacent to an activating group) is 1. The summed E-state index contributed by atoms with van der Waals surface area (Å²) in [5.74, 6) is -2.46. The molecule has 4 bridgehead atoms. The molecule has 1 aromatic carbocycles. The lowest BCUT2D eigenvalue weighted by Gasteiger charge is -2.41. The minimum absolute atomic E-state index is 0.00500. The van der Waals surface area contributed by atoms with Crippen molar-refractivity contribution in [2.45, 2.75) is 182 Å². The van der Waals surface area contributed by atoms with E-state index in [4.69, 9.17) is 59.5 Å². The van der Waals surface area contributed by atoms with Gasteiger partial charge in [0.15, 0.2) is 29.4 Å². The first-order valence-electron chi connectivity index (χ1n) is 30.5. The number of hydrogen-bond acceptors (Lipinski definition) is 29. The molecule has 8 rings (SSSR count). The highest BCUT2D eigenvalue weighted by atomic mass is 35.5. The molecule has 0 radical (unpaired) electrons. The normalized spacial score (nSPS) is 31.9. The first-order chi connectivity index (χ1) is 45.5. The van der Waals surface area contributed by atoms with E-state index in [1.54, 1.807) is 31.2 Å². The summed E-state index contributed by atoms with van der Waals surface area (Å²) in [5, 5.41) is 70.1. The number of halogens is 1. The van der Waals surface area contributed by atoms with Gasteiger partial charge in [-0.1, -0.05) is 63.9 Å². The molecular weight excluding hydrogens is 1390 g/mol. The average Bonchev–Trinajstić information content (AvgIpc) is 1.67. The number of carbonyl (C=O) groups excluding carboxylic acids is 5. The second-order valence-electron chi connectivity index (χ2n) is 24.6. The number of aliphatic hydroxyl groups excluding tert-OH is 5. The van der Waals surface area contributed by atoms with Gasteiger partial charge in [0.25, 0.3) is 5.56 Å². The van der Waals surface area contributed by atoms with Gasteiger partial charge in [0.1, 0.15) is 84.0 Å². The van der Waals surface area contributed by atoms with Crippen molar-refractivity contribution in [2.24, 2.45) is 5.92 Å². The Labute approximate surface area is 568 Å². The topological polar surface area (TPSA) is 497 Å². The first-order valence-corrected chi connectivity index (χ1v) is 36.2. The van der Waals surface area contributed by atoms with Gasteiger partial charge in [0, 0.05) is 63.4 Å². The largest absolute Gasteiger partial charge is 0.495 e. The molecule has 3 aromatic rings. The number of nitrogens with two attached hydrogens (primary N) is 1. The molecule has 97 heavy (non-hydrogen) atoms. The molecule has 0 saturated carbocycles. The number of phosphoric acid groups is 2. The van der Waals surface area contributed by atoms with Gasteiger partial charge in [-0.25, -0.2) is 23.7 Å². The Morgan fingerprint density at radius 2 is 1.71 bits per heavy atom. The summed E-state index contributed by atoms with van der Waals surface area (Å²) in [4.78, 5) is 114. The number of phosphoric ester groups is 2. The smallest absolute Gasteiger partial charge is 0.483 e. The highest BCUT2D eigenvalue weighted by molar-refractivity contribution is 8.77.